The number of aromatic nitrogens is 1. The van der Waals surface area contributed by atoms with Gasteiger partial charge in [-0.3, -0.25) is 0 Å². The van der Waals surface area contributed by atoms with Crippen LogP contribution in [0, 0.1) is 6.92 Å². The Morgan fingerprint density at radius 3 is 2.86 bits per heavy atom. The normalized spacial score (nSPS) is 11.0. The molecule has 0 amide bonds. The van der Waals surface area contributed by atoms with Gasteiger partial charge < -0.3 is 4.98 Å². The van der Waals surface area contributed by atoms with Crippen molar-refractivity contribution in [3.05, 3.63) is 35.5 Å². The number of rotatable bonds is 3. The Bertz CT molecular complexity index is 426. The van der Waals surface area contributed by atoms with Gasteiger partial charge in [-0.1, -0.05) is 25.0 Å². The lowest BCUT2D eigenvalue weighted by Crippen LogP contribution is -1.82. The van der Waals surface area contributed by atoms with E-state index in [1.807, 2.05) is 0 Å². The van der Waals surface area contributed by atoms with Gasteiger partial charge in [0.1, 0.15) is 0 Å². The summed E-state index contributed by atoms with van der Waals surface area (Å²) in [5, 5.41) is 1.34. The van der Waals surface area contributed by atoms with E-state index in [0.717, 1.165) is 0 Å². The number of aromatic amines is 1. The fourth-order valence-corrected chi connectivity index (χ4v) is 1.81. The molecule has 1 heteroatoms. The Morgan fingerprint density at radius 2 is 2.07 bits per heavy atom. The van der Waals surface area contributed by atoms with Crippen molar-refractivity contribution in [2.24, 2.45) is 0 Å². The van der Waals surface area contributed by atoms with Crippen molar-refractivity contribution in [2.45, 2.75) is 33.1 Å². The second kappa shape index (κ2) is 3.87. The maximum Gasteiger partial charge on any atom is 0.0456 e. The Hall–Kier alpha value is -1.24. The van der Waals surface area contributed by atoms with E-state index in [4.69, 9.17) is 0 Å². The van der Waals surface area contributed by atoms with Gasteiger partial charge in [0.15, 0.2) is 0 Å². The fraction of sp³-hybridized carbons (Fsp3) is 0.385. The van der Waals surface area contributed by atoms with Gasteiger partial charge in [0.2, 0.25) is 0 Å². The van der Waals surface area contributed by atoms with E-state index >= 15 is 0 Å². The molecule has 0 aliphatic carbocycles. The maximum atomic E-state index is 3.46. The summed E-state index contributed by atoms with van der Waals surface area (Å²) in [5.41, 5.74) is 3.97. The van der Waals surface area contributed by atoms with Gasteiger partial charge in [-0.2, -0.15) is 0 Å². The highest BCUT2D eigenvalue weighted by molar-refractivity contribution is 5.81. The lowest BCUT2D eigenvalue weighted by atomic mass is 10.1. The first kappa shape index (κ1) is 9.32. The number of hydrogen-bond donors (Lipinski definition) is 1. The number of benzene rings is 1. The summed E-state index contributed by atoms with van der Waals surface area (Å²) in [6.07, 6.45) is 3.70. The topological polar surface area (TPSA) is 15.8 Å². The maximum absolute atomic E-state index is 3.46. The van der Waals surface area contributed by atoms with E-state index in [0.29, 0.717) is 0 Å². The summed E-state index contributed by atoms with van der Waals surface area (Å²) >= 11 is 0. The van der Waals surface area contributed by atoms with Crippen LogP contribution in [0.1, 0.15) is 31.0 Å². The van der Waals surface area contributed by atoms with Crippen LogP contribution >= 0.6 is 0 Å². The summed E-state index contributed by atoms with van der Waals surface area (Å²) in [4.78, 5) is 3.46. The lowest BCUT2D eigenvalue weighted by Gasteiger charge is -1.92. The minimum Gasteiger partial charge on any atom is -0.358 e. The smallest absolute Gasteiger partial charge is 0.0456 e. The summed E-state index contributed by atoms with van der Waals surface area (Å²) in [7, 11) is 0. The van der Waals surface area contributed by atoms with E-state index in [1.165, 1.54) is 41.4 Å². The van der Waals surface area contributed by atoms with Crippen LogP contribution < -0.4 is 0 Å². The van der Waals surface area contributed by atoms with Gasteiger partial charge >= 0.3 is 0 Å². The Morgan fingerprint density at radius 1 is 1.21 bits per heavy atom. The molecule has 1 heterocycles. The molecule has 0 spiro atoms. The Labute approximate surface area is 85.1 Å². The highest BCUT2D eigenvalue weighted by Gasteiger charge is 1.99. The van der Waals surface area contributed by atoms with Crippen LogP contribution in [0.3, 0.4) is 0 Å². The minimum atomic E-state index is 1.17. The fourth-order valence-electron chi connectivity index (χ4n) is 1.81. The molecule has 1 nitrogen and oxygen atoms in total. The number of fused-ring (bicyclic) bond motifs is 1. The molecule has 0 radical (unpaired) electrons. The van der Waals surface area contributed by atoms with E-state index in [1.54, 1.807) is 0 Å². The van der Waals surface area contributed by atoms with Crippen molar-refractivity contribution < 1.29 is 0 Å². The molecular formula is C13H17N. The second-order valence-electron chi connectivity index (χ2n) is 3.99. The molecule has 1 N–H and O–H groups in total. The molecule has 0 atom stereocenters. The molecule has 74 valence electrons. The van der Waals surface area contributed by atoms with Crippen LogP contribution in [0.15, 0.2) is 24.3 Å². The molecule has 2 aromatic rings. The van der Waals surface area contributed by atoms with E-state index in [-0.39, 0.29) is 0 Å². The van der Waals surface area contributed by atoms with Gasteiger partial charge in [0.25, 0.3) is 0 Å². The number of hydrogen-bond acceptors (Lipinski definition) is 0. The zero-order chi connectivity index (χ0) is 9.97. The summed E-state index contributed by atoms with van der Waals surface area (Å²) < 4.78 is 0. The molecule has 0 unspecified atom stereocenters. The van der Waals surface area contributed by atoms with Gasteiger partial charge in [0.05, 0.1) is 0 Å². The van der Waals surface area contributed by atoms with Crippen LogP contribution in [0.2, 0.25) is 0 Å². The number of nitrogens with one attached hydrogen (secondary N) is 1. The third-order valence-corrected chi connectivity index (χ3v) is 2.63. The first-order valence-electron chi connectivity index (χ1n) is 5.38. The average Bonchev–Trinajstić information content (AvgIpc) is 2.56. The zero-order valence-electron chi connectivity index (χ0n) is 8.93. The quantitative estimate of drug-likeness (QED) is 0.752. The van der Waals surface area contributed by atoms with Crippen LogP contribution in [-0.4, -0.2) is 4.98 Å². The summed E-state index contributed by atoms with van der Waals surface area (Å²) in [6.45, 7) is 4.37. The summed E-state index contributed by atoms with van der Waals surface area (Å²) in [6, 6.07) is 8.84. The number of unbranched alkanes of at least 4 members (excludes halogenated alkanes) is 1. The van der Waals surface area contributed by atoms with Gasteiger partial charge in [0, 0.05) is 11.2 Å². The van der Waals surface area contributed by atoms with Crippen LogP contribution in [0.5, 0.6) is 0 Å². The third kappa shape index (κ3) is 1.82. The number of H-pyrrole nitrogens is 1. The zero-order valence-corrected chi connectivity index (χ0v) is 8.93. The predicted octanol–water partition coefficient (Wildman–Crippen LogP) is 3.82. The van der Waals surface area contributed by atoms with Crippen molar-refractivity contribution >= 4 is 10.9 Å². The van der Waals surface area contributed by atoms with Crippen molar-refractivity contribution in [3.8, 4) is 0 Å². The van der Waals surface area contributed by atoms with Gasteiger partial charge in [-0.15, -0.1) is 0 Å². The first-order chi connectivity index (χ1) is 6.79. The van der Waals surface area contributed by atoms with Crippen molar-refractivity contribution in [3.63, 3.8) is 0 Å². The molecule has 1 aromatic heterocycles. The Balaban J connectivity index is 2.32. The standard InChI is InChI=1S/C13H17N/c1-3-4-5-12-9-11-8-10(2)6-7-13(11)14-12/h6-9,14H,3-5H2,1-2H3. The Kier molecular flexibility index (Phi) is 2.58. The summed E-state index contributed by atoms with van der Waals surface area (Å²) in [5.74, 6) is 0. The van der Waals surface area contributed by atoms with Crippen molar-refractivity contribution in [1.29, 1.82) is 0 Å². The van der Waals surface area contributed by atoms with Crippen LogP contribution in [0.25, 0.3) is 10.9 Å². The highest BCUT2D eigenvalue weighted by atomic mass is 14.7. The minimum absolute atomic E-state index is 1.17. The predicted molar refractivity (Wildman–Crippen MR) is 61.6 cm³/mol. The molecule has 0 fully saturated rings. The SMILES string of the molecule is CCCCc1cc2cc(C)ccc2[nH]1. The molecule has 2 rings (SSSR count). The third-order valence-electron chi connectivity index (χ3n) is 2.63. The van der Waals surface area contributed by atoms with Crippen LogP contribution in [0.4, 0.5) is 0 Å². The average molecular weight is 187 g/mol. The van der Waals surface area contributed by atoms with Crippen LogP contribution in [-0.2, 0) is 6.42 Å². The lowest BCUT2D eigenvalue weighted by molar-refractivity contribution is 0.782. The number of aryl methyl sites for hydroxylation is 2. The molecule has 0 saturated heterocycles. The highest BCUT2D eigenvalue weighted by Crippen LogP contribution is 2.17. The molecule has 1 aromatic carbocycles. The van der Waals surface area contributed by atoms with E-state index in [9.17, 15) is 0 Å². The second-order valence-corrected chi connectivity index (χ2v) is 3.99. The monoisotopic (exact) mass is 187 g/mol. The van der Waals surface area contributed by atoms with Crippen molar-refractivity contribution in [1.82, 2.24) is 4.98 Å². The first-order valence-corrected chi connectivity index (χ1v) is 5.38. The molecule has 14 heavy (non-hydrogen) atoms. The van der Waals surface area contributed by atoms with Gasteiger partial charge in [-0.25, -0.2) is 0 Å². The largest absolute Gasteiger partial charge is 0.358 e. The van der Waals surface area contributed by atoms with Gasteiger partial charge in [-0.05, 0) is 43.4 Å². The van der Waals surface area contributed by atoms with E-state index < -0.39 is 0 Å². The molecular weight excluding hydrogens is 170 g/mol. The molecule has 0 bridgehead atoms. The molecule has 0 aliphatic rings. The van der Waals surface area contributed by atoms with Crippen molar-refractivity contribution in [2.75, 3.05) is 0 Å². The van der Waals surface area contributed by atoms with E-state index in [2.05, 4.69) is 43.1 Å². The molecule has 0 aliphatic heterocycles. The molecule has 0 saturated carbocycles.